The molecule has 0 amide bonds. The fourth-order valence-electron chi connectivity index (χ4n) is 2.62. The molecule has 1 aliphatic rings. The maximum absolute atomic E-state index is 5.76. The minimum atomic E-state index is 0.558. The van der Waals surface area contributed by atoms with E-state index in [0.29, 0.717) is 5.82 Å². The van der Waals surface area contributed by atoms with Gasteiger partial charge >= 0.3 is 0 Å². The number of nitrogens with one attached hydrogen (secondary N) is 1. The molecule has 2 rings (SSSR count). The Morgan fingerprint density at radius 3 is 3.05 bits per heavy atom. The summed E-state index contributed by atoms with van der Waals surface area (Å²) in [5, 5.41) is 3.35. The number of aromatic nitrogens is 2. The zero-order valence-electron chi connectivity index (χ0n) is 12.0. The standard InChI is InChI=1S/C14H25N5/c1-11-6-3-4-8-19(11)9-5-7-16-14-12(2)13(15)17-10-18-14/h10-11H,3-9H2,1-2H3,(H3,15,16,17,18). The van der Waals surface area contributed by atoms with Crippen LogP contribution in [0, 0.1) is 6.92 Å². The molecule has 5 nitrogen and oxygen atoms in total. The van der Waals surface area contributed by atoms with Gasteiger partial charge in [0, 0.05) is 24.7 Å². The summed E-state index contributed by atoms with van der Waals surface area (Å²) in [5.41, 5.74) is 6.70. The SMILES string of the molecule is Cc1c(N)ncnc1NCCCN1CCCCC1C. The number of anilines is 2. The molecule has 0 aromatic carbocycles. The maximum atomic E-state index is 5.76. The number of nitrogen functional groups attached to an aromatic ring is 1. The molecule has 3 N–H and O–H groups in total. The maximum Gasteiger partial charge on any atom is 0.134 e. The van der Waals surface area contributed by atoms with Gasteiger partial charge in [0.2, 0.25) is 0 Å². The molecule has 0 radical (unpaired) electrons. The summed E-state index contributed by atoms with van der Waals surface area (Å²) in [6, 6.07) is 0.741. The van der Waals surface area contributed by atoms with Gasteiger partial charge in [-0.25, -0.2) is 9.97 Å². The molecule has 1 atom stereocenters. The lowest BCUT2D eigenvalue weighted by molar-refractivity contribution is 0.160. The number of nitrogens with zero attached hydrogens (tertiary/aromatic N) is 3. The predicted octanol–water partition coefficient (Wildman–Crippen LogP) is 2.04. The number of piperidine rings is 1. The van der Waals surface area contributed by atoms with E-state index in [-0.39, 0.29) is 0 Å². The predicted molar refractivity (Wildman–Crippen MR) is 79.2 cm³/mol. The molecule has 19 heavy (non-hydrogen) atoms. The molecule has 1 aromatic rings. The van der Waals surface area contributed by atoms with Crippen LogP contribution in [0.1, 0.15) is 38.2 Å². The third-order valence-corrected chi connectivity index (χ3v) is 3.98. The highest BCUT2D eigenvalue weighted by molar-refractivity contribution is 5.53. The van der Waals surface area contributed by atoms with E-state index in [2.05, 4.69) is 27.1 Å². The smallest absolute Gasteiger partial charge is 0.134 e. The van der Waals surface area contributed by atoms with Gasteiger partial charge in [-0.1, -0.05) is 6.42 Å². The fourth-order valence-corrected chi connectivity index (χ4v) is 2.62. The summed E-state index contributed by atoms with van der Waals surface area (Å²) < 4.78 is 0. The van der Waals surface area contributed by atoms with Crippen molar-refractivity contribution in [1.29, 1.82) is 0 Å². The first kappa shape index (κ1) is 14.1. The van der Waals surface area contributed by atoms with Gasteiger partial charge in [-0.3, -0.25) is 0 Å². The molecule has 0 aliphatic carbocycles. The molecular formula is C14H25N5. The van der Waals surface area contributed by atoms with Crippen LogP contribution in [-0.2, 0) is 0 Å². The van der Waals surface area contributed by atoms with Crippen LogP contribution in [0.3, 0.4) is 0 Å². The average Bonchev–Trinajstić information content (AvgIpc) is 2.41. The summed E-state index contributed by atoms with van der Waals surface area (Å²) in [5.74, 6) is 1.42. The minimum Gasteiger partial charge on any atom is -0.383 e. The van der Waals surface area contributed by atoms with Gasteiger partial charge in [0.05, 0.1) is 0 Å². The van der Waals surface area contributed by atoms with Gasteiger partial charge < -0.3 is 16.0 Å². The first-order chi connectivity index (χ1) is 9.18. The Morgan fingerprint density at radius 2 is 2.26 bits per heavy atom. The number of hydrogen-bond acceptors (Lipinski definition) is 5. The van der Waals surface area contributed by atoms with E-state index in [0.717, 1.165) is 36.9 Å². The zero-order chi connectivity index (χ0) is 13.7. The molecule has 1 fully saturated rings. The Bertz CT molecular complexity index is 407. The van der Waals surface area contributed by atoms with Crippen molar-refractivity contribution in [1.82, 2.24) is 14.9 Å². The van der Waals surface area contributed by atoms with E-state index in [1.807, 2.05) is 6.92 Å². The Balaban J connectivity index is 1.73. The number of nitrogens with two attached hydrogens (primary N) is 1. The number of rotatable bonds is 5. The highest BCUT2D eigenvalue weighted by Gasteiger charge is 2.17. The summed E-state index contributed by atoms with van der Waals surface area (Å²) in [6.07, 6.45) is 6.72. The van der Waals surface area contributed by atoms with Gasteiger partial charge in [0.25, 0.3) is 0 Å². The van der Waals surface area contributed by atoms with Gasteiger partial charge in [0.1, 0.15) is 18.0 Å². The molecular weight excluding hydrogens is 238 g/mol. The van der Waals surface area contributed by atoms with Crippen LogP contribution in [0.5, 0.6) is 0 Å². The summed E-state index contributed by atoms with van der Waals surface area (Å²) in [7, 11) is 0. The second-order valence-electron chi connectivity index (χ2n) is 5.39. The van der Waals surface area contributed by atoms with Crippen molar-refractivity contribution >= 4 is 11.6 Å². The van der Waals surface area contributed by atoms with E-state index < -0.39 is 0 Å². The molecule has 0 bridgehead atoms. The van der Waals surface area contributed by atoms with Crippen LogP contribution >= 0.6 is 0 Å². The third kappa shape index (κ3) is 3.80. The Labute approximate surface area is 115 Å². The first-order valence-corrected chi connectivity index (χ1v) is 7.23. The van der Waals surface area contributed by atoms with Crippen LogP contribution in [0.4, 0.5) is 11.6 Å². The van der Waals surface area contributed by atoms with E-state index >= 15 is 0 Å². The lowest BCUT2D eigenvalue weighted by Gasteiger charge is -2.33. The third-order valence-electron chi connectivity index (χ3n) is 3.98. The zero-order valence-corrected chi connectivity index (χ0v) is 12.0. The fraction of sp³-hybridized carbons (Fsp3) is 0.714. The quantitative estimate of drug-likeness (QED) is 0.796. The molecule has 5 heteroatoms. The molecule has 1 aliphatic heterocycles. The van der Waals surface area contributed by atoms with Crippen LogP contribution in [0.2, 0.25) is 0 Å². The van der Waals surface area contributed by atoms with E-state index in [1.54, 1.807) is 0 Å². The van der Waals surface area contributed by atoms with Gasteiger partial charge in [-0.05, 0) is 39.7 Å². The van der Waals surface area contributed by atoms with Crippen molar-refractivity contribution in [2.24, 2.45) is 0 Å². The minimum absolute atomic E-state index is 0.558. The van der Waals surface area contributed by atoms with Crippen LogP contribution in [0.15, 0.2) is 6.33 Å². The second kappa shape index (κ2) is 6.70. The highest BCUT2D eigenvalue weighted by atomic mass is 15.2. The van der Waals surface area contributed by atoms with Gasteiger partial charge in [-0.15, -0.1) is 0 Å². The van der Waals surface area contributed by atoms with Gasteiger partial charge in [0.15, 0.2) is 0 Å². The lowest BCUT2D eigenvalue weighted by Crippen LogP contribution is -2.38. The summed E-state index contributed by atoms with van der Waals surface area (Å²) >= 11 is 0. The molecule has 106 valence electrons. The molecule has 1 aromatic heterocycles. The molecule has 1 unspecified atom stereocenters. The molecule has 2 heterocycles. The van der Waals surface area contributed by atoms with Crippen molar-refractivity contribution in [3.8, 4) is 0 Å². The first-order valence-electron chi connectivity index (χ1n) is 7.23. The largest absolute Gasteiger partial charge is 0.383 e. The van der Waals surface area contributed by atoms with Crippen molar-refractivity contribution < 1.29 is 0 Å². The van der Waals surface area contributed by atoms with Crippen molar-refractivity contribution in [2.75, 3.05) is 30.7 Å². The Morgan fingerprint density at radius 1 is 1.42 bits per heavy atom. The van der Waals surface area contributed by atoms with Crippen LogP contribution < -0.4 is 11.1 Å². The van der Waals surface area contributed by atoms with E-state index in [1.165, 1.54) is 32.1 Å². The van der Waals surface area contributed by atoms with Gasteiger partial charge in [-0.2, -0.15) is 0 Å². The monoisotopic (exact) mass is 263 g/mol. The number of hydrogen-bond donors (Lipinski definition) is 2. The van der Waals surface area contributed by atoms with Crippen LogP contribution in [-0.4, -0.2) is 40.5 Å². The average molecular weight is 263 g/mol. The Kier molecular flexibility index (Phi) is 4.96. The van der Waals surface area contributed by atoms with Crippen molar-refractivity contribution in [2.45, 2.75) is 45.6 Å². The van der Waals surface area contributed by atoms with E-state index in [4.69, 9.17) is 5.73 Å². The number of likely N-dealkylation sites (tertiary alicyclic amines) is 1. The van der Waals surface area contributed by atoms with E-state index in [9.17, 15) is 0 Å². The molecule has 1 saturated heterocycles. The lowest BCUT2D eigenvalue weighted by atomic mass is 10.0. The Hall–Kier alpha value is -1.36. The molecule has 0 saturated carbocycles. The summed E-state index contributed by atoms with van der Waals surface area (Å²) in [6.45, 7) is 7.63. The summed E-state index contributed by atoms with van der Waals surface area (Å²) in [4.78, 5) is 10.8. The van der Waals surface area contributed by atoms with Crippen molar-refractivity contribution in [3.63, 3.8) is 0 Å². The second-order valence-corrected chi connectivity index (χ2v) is 5.39. The molecule has 0 spiro atoms. The van der Waals surface area contributed by atoms with Crippen molar-refractivity contribution in [3.05, 3.63) is 11.9 Å². The topological polar surface area (TPSA) is 67.1 Å². The van der Waals surface area contributed by atoms with Crippen LogP contribution in [0.25, 0.3) is 0 Å². The normalized spacial score (nSPS) is 20.4. The highest BCUT2D eigenvalue weighted by Crippen LogP contribution is 2.17.